The summed E-state index contributed by atoms with van der Waals surface area (Å²) in [7, 11) is 5.49. The number of rotatable bonds is 5. The maximum Gasteiger partial charge on any atom is 0.189 e. The van der Waals surface area contributed by atoms with Crippen LogP contribution < -0.4 is 4.48 Å². The molecule has 3 heteroatoms. The van der Waals surface area contributed by atoms with E-state index >= 15 is 0 Å². The molecule has 0 saturated heterocycles. The molecule has 0 unspecified atom stereocenters. The van der Waals surface area contributed by atoms with Crippen LogP contribution in [0, 0.1) is 0 Å². The van der Waals surface area contributed by atoms with Gasteiger partial charge in [0.1, 0.15) is 5.69 Å². The number of methoxy groups -OCH3 is 2. The highest BCUT2D eigenvalue weighted by Gasteiger charge is 2.23. The predicted octanol–water partition coefficient (Wildman–Crippen LogP) is 1.83. The zero-order valence-electron chi connectivity index (χ0n) is 9.06. The molecular weight excluding hydrogens is 178 g/mol. The third kappa shape index (κ3) is 2.54. The summed E-state index contributed by atoms with van der Waals surface area (Å²) in [5, 5.41) is 0. The molecule has 0 fully saturated rings. The Hall–Kier alpha value is -0.900. The van der Waals surface area contributed by atoms with Crippen LogP contribution in [0.4, 0.5) is 5.69 Å². The Morgan fingerprint density at radius 1 is 1.00 bits per heavy atom. The highest BCUT2D eigenvalue weighted by molar-refractivity contribution is 5.41. The summed E-state index contributed by atoms with van der Waals surface area (Å²) in [4.78, 5) is 0. The third-order valence-corrected chi connectivity index (χ3v) is 2.21. The minimum absolute atomic E-state index is 0.609. The number of quaternary nitrogens is 1. The second kappa shape index (κ2) is 5.10. The van der Waals surface area contributed by atoms with Gasteiger partial charge in [-0.3, -0.25) is 0 Å². The largest absolute Gasteiger partial charge is 0.335 e. The molecule has 0 heterocycles. The zero-order chi connectivity index (χ0) is 10.4. The van der Waals surface area contributed by atoms with Gasteiger partial charge >= 0.3 is 0 Å². The second-order valence-electron chi connectivity index (χ2n) is 3.57. The molecule has 0 atom stereocenters. The van der Waals surface area contributed by atoms with Gasteiger partial charge in [-0.25, -0.2) is 4.48 Å². The van der Waals surface area contributed by atoms with Crippen molar-refractivity contribution in [2.24, 2.45) is 0 Å². The average molecular weight is 196 g/mol. The van der Waals surface area contributed by atoms with Crippen LogP contribution in [0.25, 0.3) is 0 Å². The molecule has 3 nitrogen and oxygen atoms in total. The fourth-order valence-corrected chi connectivity index (χ4v) is 1.54. The van der Waals surface area contributed by atoms with Crippen molar-refractivity contribution >= 4 is 5.69 Å². The molecule has 14 heavy (non-hydrogen) atoms. The summed E-state index contributed by atoms with van der Waals surface area (Å²) in [5.74, 6) is 0. The topological polar surface area (TPSA) is 18.5 Å². The predicted molar refractivity (Wildman–Crippen MR) is 57.9 cm³/mol. The quantitative estimate of drug-likeness (QED) is 0.528. The van der Waals surface area contributed by atoms with Crippen molar-refractivity contribution in [1.29, 1.82) is 0 Å². The average Bonchev–Trinajstić information content (AvgIpc) is 2.20. The Labute approximate surface area is 85.5 Å². The van der Waals surface area contributed by atoms with Crippen molar-refractivity contribution < 1.29 is 9.47 Å². The van der Waals surface area contributed by atoms with Crippen molar-refractivity contribution in [3.05, 3.63) is 30.3 Å². The Balaban J connectivity index is 2.87. The van der Waals surface area contributed by atoms with E-state index in [0.29, 0.717) is 17.9 Å². The van der Waals surface area contributed by atoms with Crippen molar-refractivity contribution in [3.8, 4) is 0 Å². The van der Waals surface area contributed by atoms with Gasteiger partial charge in [-0.05, 0) is 12.1 Å². The smallest absolute Gasteiger partial charge is 0.189 e. The molecule has 0 aliphatic heterocycles. The Morgan fingerprint density at radius 2 is 1.50 bits per heavy atom. The number of hydrogen-bond acceptors (Lipinski definition) is 2. The summed E-state index contributed by atoms with van der Waals surface area (Å²) in [5.41, 5.74) is 1.19. The molecule has 0 saturated carbocycles. The lowest BCUT2D eigenvalue weighted by atomic mass is 10.3. The van der Waals surface area contributed by atoms with E-state index in [-0.39, 0.29) is 0 Å². The Kier molecular flexibility index (Phi) is 4.07. The summed E-state index contributed by atoms with van der Waals surface area (Å²) in [6.45, 7) is 1.22. The molecule has 0 radical (unpaired) electrons. The Morgan fingerprint density at radius 3 is 1.93 bits per heavy atom. The van der Waals surface area contributed by atoms with Gasteiger partial charge in [-0.1, -0.05) is 18.2 Å². The van der Waals surface area contributed by atoms with E-state index < -0.39 is 0 Å². The van der Waals surface area contributed by atoms with Crippen LogP contribution in [-0.2, 0) is 9.47 Å². The first-order chi connectivity index (χ1) is 6.73. The van der Waals surface area contributed by atoms with Crippen molar-refractivity contribution in [2.45, 2.75) is 0 Å². The maximum absolute atomic E-state index is 5.21. The first-order valence-electron chi connectivity index (χ1n) is 4.61. The number of nitrogens with zero attached hydrogens (tertiary/aromatic N) is 1. The molecule has 0 aliphatic carbocycles. The van der Waals surface area contributed by atoms with E-state index in [9.17, 15) is 0 Å². The normalized spacial score (nSPS) is 11.6. The number of hydrogen-bond donors (Lipinski definition) is 0. The molecule has 1 aromatic carbocycles. The van der Waals surface area contributed by atoms with E-state index in [4.69, 9.17) is 9.47 Å². The monoisotopic (exact) mass is 196 g/mol. The number of para-hydroxylation sites is 1. The molecule has 0 aliphatic rings. The van der Waals surface area contributed by atoms with Gasteiger partial charge < -0.3 is 9.47 Å². The van der Waals surface area contributed by atoms with Gasteiger partial charge in [0.15, 0.2) is 13.5 Å². The highest BCUT2D eigenvalue weighted by Crippen LogP contribution is 2.19. The number of ether oxygens (including phenoxy) is 2. The van der Waals surface area contributed by atoms with E-state index in [1.165, 1.54) is 5.69 Å². The van der Waals surface area contributed by atoms with Gasteiger partial charge in [-0.2, -0.15) is 0 Å². The van der Waals surface area contributed by atoms with Crippen LogP contribution in [0.5, 0.6) is 0 Å². The zero-order valence-corrected chi connectivity index (χ0v) is 9.06. The summed E-state index contributed by atoms with van der Waals surface area (Å²) < 4.78 is 11.0. The standard InChI is InChI=1S/C11H18NO2/c1-12(9-13-2,10-14-3)11-7-5-4-6-8-11/h4-8H,9-10H2,1-3H3/q+1. The highest BCUT2D eigenvalue weighted by atomic mass is 16.5. The van der Waals surface area contributed by atoms with Gasteiger partial charge in [-0.15, -0.1) is 0 Å². The molecule has 0 spiro atoms. The van der Waals surface area contributed by atoms with Crippen molar-refractivity contribution in [2.75, 3.05) is 34.7 Å². The van der Waals surface area contributed by atoms with Gasteiger partial charge in [0, 0.05) is 14.2 Å². The summed E-state index contributed by atoms with van der Waals surface area (Å²) >= 11 is 0. The lowest BCUT2D eigenvalue weighted by Gasteiger charge is -2.31. The van der Waals surface area contributed by atoms with E-state index in [0.717, 1.165) is 0 Å². The maximum atomic E-state index is 5.21. The first kappa shape index (κ1) is 11.2. The molecule has 0 N–H and O–H groups in total. The molecular formula is C11H18NO2+. The van der Waals surface area contributed by atoms with Crippen molar-refractivity contribution in [1.82, 2.24) is 4.48 Å². The first-order valence-corrected chi connectivity index (χ1v) is 4.61. The summed E-state index contributed by atoms with van der Waals surface area (Å²) in [6.07, 6.45) is 0. The fourth-order valence-electron chi connectivity index (χ4n) is 1.54. The molecule has 0 aromatic heterocycles. The lowest BCUT2D eigenvalue weighted by Crippen LogP contribution is -2.48. The molecule has 1 rings (SSSR count). The molecule has 78 valence electrons. The van der Waals surface area contributed by atoms with Crippen LogP contribution in [0.2, 0.25) is 0 Å². The summed E-state index contributed by atoms with van der Waals surface area (Å²) in [6, 6.07) is 10.2. The second-order valence-corrected chi connectivity index (χ2v) is 3.57. The minimum atomic E-state index is 0.609. The van der Waals surface area contributed by atoms with Crippen LogP contribution in [0.1, 0.15) is 0 Å². The van der Waals surface area contributed by atoms with Crippen LogP contribution >= 0.6 is 0 Å². The molecule has 0 amide bonds. The van der Waals surface area contributed by atoms with Crippen LogP contribution in [0.3, 0.4) is 0 Å². The van der Waals surface area contributed by atoms with Crippen LogP contribution in [0.15, 0.2) is 30.3 Å². The van der Waals surface area contributed by atoms with Crippen molar-refractivity contribution in [3.63, 3.8) is 0 Å². The fraction of sp³-hybridized carbons (Fsp3) is 0.455. The minimum Gasteiger partial charge on any atom is -0.335 e. The van der Waals surface area contributed by atoms with E-state index in [2.05, 4.69) is 19.2 Å². The van der Waals surface area contributed by atoms with E-state index in [1.54, 1.807) is 14.2 Å². The lowest BCUT2D eigenvalue weighted by molar-refractivity contribution is 0.00804. The van der Waals surface area contributed by atoms with Gasteiger partial charge in [0.25, 0.3) is 0 Å². The molecule has 1 aromatic rings. The van der Waals surface area contributed by atoms with E-state index in [1.807, 2.05) is 18.2 Å². The molecule has 0 bridgehead atoms. The van der Waals surface area contributed by atoms with Gasteiger partial charge in [0.2, 0.25) is 0 Å². The number of benzene rings is 1. The Bertz CT molecular complexity index is 255. The van der Waals surface area contributed by atoms with Gasteiger partial charge in [0.05, 0.1) is 7.05 Å². The third-order valence-electron chi connectivity index (χ3n) is 2.21. The SMILES string of the molecule is COC[N+](C)(COC)c1ccccc1. The van der Waals surface area contributed by atoms with Crippen LogP contribution in [-0.4, -0.2) is 34.7 Å².